The Balaban J connectivity index is 3.77. The van der Waals surface area contributed by atoms with E-state index in [4.69, 9.17) is 10.5 Å². The number of alkyl carbamates (subject to hydrolysis) is 1. The van der Waals surface area contributed by atoms with E-state index < -0.39 is 0 Å². The van der Waals surface area contributed by atoms with Gasteiger partial charge in [-0.25, -0.2) is 4.79 Å². The highest BCUT2D eigenvalue weighted by Gasteiger charge is 2.14. The van der Waals surface area contributed by atoms with E-state index in [1.165, 1.54) is 0 Å². The van der Waals surface area contributed by atoms with E-state index in [2.05, 4.69) is 5.32 Å². The second kappa shape index (κ2) is 5.80. The minimum absolute atomic E-state index is 0.0521. The third-order valence-electron chi connectivity index (χ3n) is 1.91. The molecule has 0 heterocycles. The SMILES string of the molecule is CC(C)OC(=O)N[C@@H](C)[C@@H](C)CN. The van der Waals surface area contributed by atoms with Crippen molar-refractivity contribution in [3.63, 3.8) is 0 Å². The summed E-state index contributed by atoms with van der Waals surface area (Å²) in [5, 5.41) is 2.72. The quantitative estimate of drug-likeness (QED) is 0.694. The van der Waals surface area contributed by atoms with Crippen LogP contribution in [-0.4, -0.2) is 24.8 Å². The van der Waals surface area contributed by atoms with Gasteiger partial charge in [-0.1, -0.05) is 6.92 Å². The molecule has 3 N–H and O–H groups in total. The van der Waals surface area contributed by atoms with E-state index in [0.717, 1.165) is 0 Å². The fourth-order valence-corrected chi connectivity index (χ4v) is 0.780. The van der Waals surface area contributed by atoms with Crippen molar-refractivity contribution in [2.45, 2.75) is 39.8 Å². The first kappa shape index (κ1) is 12.2. The Hall–Kier alpha value is -0.770. The average molecular weight is 188 g/mol. The molecule has 78 valence electrons. The smallest absolute Gasteiger partial charge is 0.407 e. The zero-order valence-electron chi connectivity index (χ0n) is 8.83. The molecular formula is C9H20N2O2. The third-order valence-corrected chi connectivity index (χ3v) is 1.91. The lowest BCUT2D eigenvalue weighted by atomic mass is 10.1. The van der Waals surface area contributed by atoms with Crippen molar-refractivity contribution in [1.29, 1.82) is 0 Å². The van der Waals surface area contributed by atoms with Gasteiger partial charge in [-0.3, -0.25) is 0 Å². The van der Waals surface area contributed by atoms with Crippen molar-refractivity contribution in [1.82, 2.24) is 5.32 Å². The summed E-state index contributed by atoms with van der Waals surface area (Å²) in [5.74, 6) is 0.264. The number of carbonyl (C=O) groups is 1. The van der Waals surface area contributed by atoms with Crippen molar-refractivity contribution in [2.24, 2.45) is 11.7 Å². The fraction of sp³-hybridized carbons (Fsp3) is 0.889. The van der Waals surface area contributed by atoms with Crippen LogP contribution in [0.3, 0.4) is 0 Å². The molecule has 0 aromatic rings. The Morgan fingerprint density at radius 2 is 1.92 bits per heavy atom. The summed E-state index contributed by atoms with van der Waals surface area (Å²) in [6, 6.07) is 0.0521. The molecule has 0 aliphatic heterocycles. The summed E-state index contributed by atoms with van der Waals surface area (Å²) in [6.07, 6.45) is -0.455. The van der Waals surface area contributed by atoms with E-state index in [0.29, 0.717) is 6.54 Å². The zero-order valence-corrected chi connectivity index (χ0v) is 8.83. The summed E-state index contributed by atoms with van der Waals surface area (Å²) in [4.78, 5) is 11.1. The Morgan fingerprint density at radius 1 is 1.38 bits per heavy atom. The molecule has 0 aliphatic carbocycles. The Kier molecular flexibility index (Phi) is 5.46. The zero-order chi connectivity index (χ0) is 10.4. The first-order chi connectivity index (χ1) is 5.97. The van der Waals surface area contributed by atoms with Crippen LogP contribution in [0.5, 0.6) is 0 Å². The largest absolute Gasteiger partial charge is 0.447 e. The van der Waals surface area contributed by atoms with Gasteiger partial charge >= 0.3 is 6.09 Å². The standard InChI is InChI=1S/C9H20N2O2/c1-6(2)13-9(12)11-8(4)7(3)5-10/h6-8H,5,10H2,1-4H3,(H,11,12)/t7-,8-/m0/s1. The van der Waals surface area contributed by atoms with Crippen molar-refractivity contribution < 1.29 is 9.53 Å². The highest BCUT2D eigenvalue weighted by atomic mass is 16.6. The molecule has 0 rings (SSSR count). The second-order valence-corrected chi connectivity index (χ2v) is 3.60. The van der Waals surface area contributed by atoms with E-state index in [1.54, 1.807) is 0 Å². The van der Waals surface area contributed by atoms with Crippen LogP contribution in [0.2, 0.25) is 0 Å². The van der Waals surface area contributed by atoms with Crippen molar-refractivity contribution in [2.75, 3.05) is 6.54 Å². The van der Waals surface area contributed by atoms with E-state index >= 15 is 0 Å². The molecule has 0 radical (unpaired) electrons. The number of hydrogen-bond acceptors (Lipinski definition) is 3. The lowest BCUT2D eigenvalue weighted by Gasteiger charge is -2.20. The molecule has 0 spiro atoms. The molecule has 0 aliphatic rings. The fourth-order valence-electron chi connectivity index (χ4n) is 0.780. The van der Waals surface area contributed by atoms with Crippen molar-refractivity contribution >= 4 is 6.09 Å². The van der Waals surface area contributed by atoms with Crippen LogP contribution in [0.25, 0.3) is 0 Å². The molecule has 0 bridgehead atoms. The monoisotopic (exact) mass is 188 g/mol. The van der Waals surface area contributed by atoms with E-state index in [9.17, 15) is 4.79 Å². The second-order valence-electron chi connectivity index (χ2n) is 3.60. The van der Waals surface area contributed by atoms with Crippen LogP contribution < -0.4 is 11.1 Å². The number of hydrogen-bond donors (Lipinski definition) is 2. The highest BCUT2D eigenvalue weighted by Crippen LogP contribution is 2.00. The van der Waals surface area contributed by atoms with Gasteiger partial charge < -0.3 is 15.8 Å². The molecule has 1 amide bonds. The van der Waals surface area contributed by atoms with Gasteiger partial charge in [-0.05, 0) is 33.2 Å². The summed E-state index contributed by atoms with van der Waals surface area (Å²) < 4.78 is 4.92. The van der Waals surface area contributed by atoms with Crippen LogP contribution in [0.15, 0.2) is 0 Å². The Bertz CT molecular complexity index is 160. The lowest BCUT2D eigenvalue weighted by Crippen LogP contribution is -2.40. The predicted molar refractivity (Wildman–Crippen MR) is 52.4 cm³/mol. The summed E-state index contributed by atoms with van der Waals surface area (Å²) in [7, 11) is 0. The number of amides is 1. The first-order valence-electron chi connectivity index (χ1n) is 4.64. The van der Waals surface area contributed by atoms with E-state index in [1.807, 2.05) is 27.7 Å². The van der Waals surface area contributed by atoms with Crippen LogP contribution in [0, 0.1) is 5.92 Å². The maximum atomic E-state index is 11.1. The molecule has 0 saturated heterocycles. The van der Waals surface area contributed by atoms with Gasteiger partial charge in [0.25, 0.3) is 0 Å². The van der Waals surface area contributed by atoms with Crippen LogP contribution in [0.1, 0.15) is 27.7 Å². The first-order valence-corrected chi connectivity index (χ1v) is 4.64. The number of nitrogens with two attached hydrogens (primary N) is 1. The Labute approximate surface area is 79.8 Å². The van der Waals surface area contributed by atoms with Crippen LogP contribution in [0.4, 0.5) is 4.79 Å². The molecule has 13 heavy (non-hydrogen) atoms. The van der Waals surface area contributed by atoms with Gasteiger partial charge in [0.1, 0.15) is 0 Å². The lowest BCUT2D eigenvalue weighted by molar-refractivity contribution is 0.110. The van der Waals surface area contributed by atoms with Gasteiger partial charge in [0, 0.05) is 6.04 Å². The number of rotatable bonds is 4. The maximum Gasteiger partial charge on any atom is 0.407 e. The molecule has 0 aromatic heterocycles. The molecule has 0 fully saturated rings. The highest BCUT2D eigenvalue weighted by molar-refractivity contribution is 5.67. The molecule has 0 unspecified atom stereocenters. The molecular weight excluding hydrogens is 168 g/mol. The van der Waals surface area contributed by atoms with Gasteiger partial charge in [0.15, 0.2) is 0 Å². The number of carbonyl (C=O) groups excluding carboxylic acids is 1. The Morgan fingerprint density at radius 3 is 2.31 bits per heavy atom. The summed E-state index contributed by atoms with van der Waals surface area (Å²) in [6.45, 7) is 8.09. The summed E-state index contributed by atoms with van der Waals surface area (Å²) in [5.41, 5.74) is 5.46. The van der Waals surface area contributed by atoms with Gasteiger partial charge in [0.05, 0.1) is 6.10 Å². The molecule has 0 saturated carbocycles. The van der Waals surface area contributed by atoms with Gasteiger partial charge in [-0.15, -0.1) is 0 Å². The minimum atomic E-state index is -0.372. The number of nitrogens with one attached hydrogen (secondary N) is 1. The number of ether oxygens (including phenoxy) is 1. The normalized spacial score (nSPS) is 15.2. The molecule has 2 atom stereocenters. The van der Waals surface area contributed by atoms with Gasteiger partial charge in [0.2, 0.25) is 0 Å². The van der Waals surface area contributed by atoms with Gasteiger partial charge in [-0.2, -0.15) is 0 Å². The van der Waals surface area contributed by atoms with Crippen molar-refractivity contribution in [3.05, 3.63) is 0 Å². The molecule has 4 nitrogen and oxygen atoms in total. The molecule has 4 heteroatoms. The predicted octanol–water partition coefficient (Wildman–Crippen LogP) is 1.10. The average Bonchev–Trinajstić information content (AvgIpc) is 2.01. The minimum Gasteiger partial charge on any atom is -0.447 e. The molecule has 0 aromatic carbocycles. The van der Waals surface area contributed by atoms with Crippen LogP contribution >= 0.6 is 0 Å². The maximum absolute atomic E-state index is 11.1. The topological polar surface area (TPSA) is 64.3 Å². The third kappa shape index (κ3) is 5.47. The van der Waals surface area contributed by atoms with Crippen LogP contribution in [-0.2, 0) is 4.74 Å². The van der Waals surface area contributed by atoms with E-state index in [-0.39, 0.29) is 24.2 Å². The van der Waals surface area contributed by atoms with Crippen molar-refractivity contribution in [3.8, 4) is 0 Å². The summed E-state index contributed by atoms with van der Waals surface area (Å²) >= 11 is 0.